The summed E-state index contributed by atoms with van der Waals surface area (Å²) in [6, 6.07) is 2.89. The second kappa shape index (κ2) is 5.94. The maximum atomic E-state index is 12.7. The predicted molar refractivity (Wildman–Crippen MR) is 63.7 cm³/mol. The van der Waals surface area contributed by atoms with Gasteiger partial charge in [0.25, 0.3) is 0 Å². The minimum Gasteiger partial charge on any atom is -0.306 e. The fraction of sp³-hybridized carbons (Fsp3) is 0.455. The summed E-state index contributed by atoms with van der Waals surface area (Å²) in [5.74, 6) is 0. The van der Waals surface area contributed by atoms with Crippen LogP contribution in [0.5, 0.6) is 0 Å². The van der Waals surface area contributed by atoms with E-state index < -0.39 is 12.2 Å². The molecule has 0 saturated carbocycles. The Morgan fingerprint density at radius 2 is 1.94 bits per heavy atom. The molecule has 0 aliphatic rings. The molecule has 17 heavy (non-hydrogen) atoms. The minimum absolute atomic E-state index is 0.225. The van der Waals surface area contributed by atoms with Crippen LogP contribution < -0.4 is 5.32 Å². The maximum Gasteiger partial charge on any atom is 0.404 e. The smallest absolute Gasteiger partial charge is 0.306 e. The van der Waals surface area contributed by atoms with E-state index in [0.717, 1.165) is 0 Å². The fourth-order valence-corrected chi connectivity index (χ4v) is 1.86. The molecule has 0 fully saturated rings. The lowest BCUT2D eigenvalue weighted by molar-refractivity contribution is -0.155. The summed E-state index contributed by atoms with van der Waals surface area (Å²) in [6.07, 6.45) is -4.53. The summed E-state index contributed by atoms with van der Waals surface area (Å²) in [7, 11) is 0. The predicted octanol–water partition coefficient (Wildman–Crippen LogP) is 4.08. The molecule has 1 N–H and O–H groups in total. The third kappa shape index (κ3) is 4.37. The molecule has 6 heteroatoms. The van der Waals surface area contributed by atoms with Gasteiger partial charge in [-0.15, -0.1) is 0 Å². The average Bonchev–Trinajstić information content (AvgIpc) is 2.21. The first-order chi connectivity index (χ1) is 7.84. The Hall–Kier alpha value is -0.450. The van der Waals surface area contributed by atoms with E-state index in [2.05, 4.69) is 5.32 Å². The van der Waals surface area contributed by atoms with Crippen LogP contribution in [0, 0.1) is 0 Å². The SMILES string of the molecule is CCNC(Cc1cc(Cl)ccc1Cl)C(F)(F)F. The molecule has 0 spiro atoms. The Balaban J connectivity index is 2.89. The van der Waals surface area contributed by atoms with Crippen LogP contribution in [0.3, 0.4) is 0 Å². The molecule has 1 unspecified atom stereocenters. The summed E-state index contributed by atoms with van der Waals surface area (Å²) in [6.45, 7) is 1.86. The number of halogens is 5. The van der Waals surface area contributed by atoms with Crippen molar-refractivity contribution in [2.75, 3.05) is 6.54 Å². The lowest BCUT2D eigenvalue weighted by atomic mass is 10.1. The third-order valence-electron chi connectivity index (χ3n) is 2.28. The molecule has 0 amide bonds. The highest BCUT2D eigenvalue weighted by molar-refractivity contribution is 6.33. The van der Waals surface area contributed by atoms with Crippen molar-refractivity contribution in [1.29, 1.82) is 0 Å². The molecule has 0 bridgehead atoms. The van der Waals surface area contributed by atoms with Gasteiger partial charge in [-0.25, -0.2) is 0 Å². The van der Waals surface area contributed by atoms with Crippen molar-refractivity contribution in [2.45, 2.75) is 25.6 Å². The second-order valence-corrected chi connectivity index (χ2v) is 4.44. The van der Waals surface area contributed by atoms with E-state index in [1.54, 1.807) is 13.0 Å². The number of hydrogen-bond acceptors (Lipinski definition) is 1. The van der Waals surface area contributed by atoms with Crippen molar-refractivity contribution >= 4 is 23.2 Å². The number of hydrogen-bond donors (Lipinski definition) is 1. The summed E-state index contributed by atoms with van der Waals surface area (Å²) in [4.78, 5) is 0. The van der Waals surface area contributed by atoms with Crippen molar-refractivity contribution in [3.8, 4) is 0 Å². The van der Waals surface area contributed by atoms with E-state index in [1.165, 1.54) is 12.1 Å². The van der Waals surface area contributed by atoms with Crippen LogP contribution in [0.15, 0.2) is 18.2 Å². The summed E-state index contributed by atoms with van der Waals surface area (Å²) >= 11 is 11.6. The molecule has 1 rings (SSSR count). The van der Waals surface area contributed by atoms with Crippen LogP contribution in [-0.4, -0.2) is 18.8 Å². The number of nitrogens with one attached hydrogen (secondary N) is 1. The minimum atomic E-state index is -4.30. The zero-order valence-electron chi connectivity index (χ0n) is 9.11. The Labute approximate surface area is 108 Å². The van der Waals surface area contributed by atoms with Crippen LogP contribution in [0.1, 0.15) is 12.5 Å². The highest BCUT2D eigenvalue weighted by Gasteiger charge is 2.39. The van der Waals surface area contributed by atoms with Gasteiger partial charge in [0.1, 0.15) is 6.04 Å². The van der Waals surface area contributed by atoms with Gasteiger partial charge < -0.3 is 5.32 Å². The summed E-state index contributed by atoms with van der Waals surface area (Å²) < 4.78 is 38.1. The van der Waals surface area contributed by atoms with Gasteiger partial charge in [-0.2, -0.15) is 13.2 Å². The molecule has 0 saturated heterocycles. The van der Waals surface area contributed by atoms with Crippen molar-refractivity contribution in [3.63, 3.8) is 0 Å². The van der Waals surface area contributed by atoms with Gasteiger partial charge in [0, 0.05) is 10.0 Å². The molecular formula is C11H12Cl2F3N. The van der Waals surface area contributed by atoms with E-state index in [-0.39, 0.29) is 13.0 Å². The first-order valence-corrected chi connectivity index (χ1v) is 5.84. The number of rotatable bonds is 4. The fourth-order valence-electron chi connectivity index (χ4n) is 1.47. The van der Waals surface area contributed by atoms with Crippen LogP contribution in [0.4, 0.5) is 13.2 Å². The van der Waals surface area contributed by atoms with Gasteiger partial charge in [0.2, 0.25) is 0 Å². The molecule has 1 aromatic carbocycles. The topological polar surface area (TPSA) is 12.0 Å². The number of likely N-dealkylation sites (N-methyl/N-ethyl adjacent to an activating group) is 1. The van der Waals surface area contributed by atoms with Gasteiger partial charge >= 0.3 is 6.18 Å². The van der Waals surface area contributed by atoms with Gasteiger partial charge in [0.05, 0.1) is 0 Å². The molecule has 1 atom stereocenters. The van der Waals surface area contributed by atoms with Crippen LogP contribution in [0.25, 0.3) is 0 Å². The van der Waals surface area contributed by atoms with E-state index in [4.69, 9.17) is 23.2 Å². The molecule has 0 aromatic heterocycles. The zero-order chi connectivity index (χ0) is 13.1. The Kier molecular flexibility index (Phi) is 5.10. The molecule has 0 heterocycles. The number of benzene rings is 1. The molecule has 0 aliphatic heterocycles. The lowest BCUT2D eigenvalue weighted by Crippen LogP contribution is -2.43. The van der Waals surface area contributed by atoms with Crippen LogP contribution >= 0.6 is 23.2 Å². The van der Waals surface area contributed by atoms with Crippen molar-refractivity contribution in [1.82, 2.24) is 5.32 Å². The first-order valence-electron chi connectivity index (χ1n) is 5.08. The zero-order valence-corrected chi connectivity index (χ0v) is 10.6. The number of alkyl halides is 3. The Morgan fingerprint density at radius 3 is 2.47 bits per heavy atom. The van der Waals surface area contributed by atoms with Crippen LogP contribution in [-0.2, 0) is 6.42 Å². The molecule has 0 radical (unpaired) electrons. The second-order valence-electron chi connectivity index (χ2n) is 3.59. The highest BCUT2D eigenvalue weighted by Crippen LogP contribution is 2.27. The largest absolute Gasteiger partial charge is 0.404 e. The van der Waals surface area contributed by atoms with E-state index in [1.807, 2.05) is 0 Å². The Morgan fingerprint density at radius 1 is 1.29 bits per heavy atom. The summed E-state index contributed by atoms with van der Waals surface area (Å²) in [5, 5.41) is 3.06. The van der Waals surface area contributed by atoms with E-state index in [0.29, 0.717) is 15.6 Å². The normalized spacial score (nSPS) is 13.8. The quantitative estimate of drug-likeness (QED) is 0.879. The molecule has 1 aromatic rings. The van der Waals surface area contributed by atoms with Gasteiger partial charge in [0.15, 0.2) is 0 Å². The molecule has 1 nitrogen and oxygen atoms in total. The summed E-state index contributed by atoms with van der Waals surface area (Å²) in [5.41, 5.74) is 0.391. The molecule has 0 aliphatic carbocycles. The van der Waals surface area contributed by atoms with Gasteiger partial charge in [-0.1, -0.05) is 30.1 Å². The van der Waals surface area contributed by atoms with Crippen molar-refractivity contribution in [2.24, 2.45) is 0 Å². The maximum absolute atomic E-state index is 12.7. The van der Waals surface area contributed by atoms with Gasteiger partial charge in [-0.3, -0.25) is 0 Å². The van der Waals surface area contributed by atoms with E-state index in [9.17, 15) is 13.2 Å². The highest BCUT2D eigenvalue weighted by atomic mass is 35.5. The Bertz CT molecular complexity index is 379. The molecule has 96 valence electrons. The standard InChI is InChI=1S/C11H12Cl2F3N/c1-2-17-10(11(14,15)16)6-7-5-8(12)3-4-9(7)13/h3-5,10,17H,2,6H2,1H3. The van der Waals surface area contributed by atoms with Crippen molar-refractivity contribution in [3.05, 3.63) is 33.8 Å². The molecular weight excluding hydrogens is 274 g/mol. The first kappa shape index (κ1) is 14.6. The monoisotopic (exact) mass is 285 g/mol. The average molecular weight is 286 g/mol. The lowest BCUT2D eigenvalue weighted by Gasteiger charge is -2.21. The van der Waals surface area contributed by atoms with E-state index >= 15 is 0 Å². The van der Waals surface area contributed by atoms with Crippen molar-refractivity contribution < 1.29 is 13.2 Å². The van der Waals surface area contributed by atoms with Crippen LogP contribution in [0.2, 0.25) is 10.0 Å². The van der Waals surface area contributed by atoms with Gasteiger partial charge in [-0.05, 0) is 36.7 Å². The third-order valence-corrected chi connectivity index (χ3v) is 2.88.